The van der Waals surface area contributed by atoms with Gasteiger partial charge in [0.05, 0.1) is 12.0 Å². The second-order valence-corrected chi connectivity index (χ2v) is 5.95. The number of carboxylic acid groups (broad SMARTS) is 1. The molecule has 2 rings (SSSR count). The zero-order valence-electron chi connectivity index (χ0n) is 12.3. The Hall–Kier alpha value is -2.74. The molecule has 23 heavy (non-hydrogen) atoms. The van der Waals surface area contributed by atoms with E-state index in [0.717, 1.165) is 4.88 Å². The number of hydrogen-bond acceptors (Lipinski definition) is 5. The van der Waals surface area contributed by atoms with Crippen LogP contribution in [0.3, 0.4) is 0 Å². The monoisotopic (exact) mass is 333 g/mol. The van der Waals surface area contributed by atoms with E-state index in [1.54, 1.807) is 18.2 Å². The van der Waals surface area contributed by atoms with E-state index >= 15 is 0 Å². The molecule has 0 atom stereocenters. The van der Waals surface area contributed by atoms with Crippen LogP contribution in [0.15, 0.2) is 30.6 Å². The van der Waals surface area contributed by atoms with Gasteiger partial charge in [-0.25, -0.2) is 0 Å². The first-order valence-corrected chi connectivity index (χ1v) is 7.61. The van der Waals surface area contributed by atoms with Crippen LogP contribution in [-0.4, -0.2) is 34.4 Å². The molecule has 2 aromatic heterocycles. The van der Waals surface area contributed by atoms with Gasteiger partial charge in [-0.15, -0.1) is 11.3 Å². The molecule has 3 N–H and O–H groups in total. The molecule has 0 spiro atoms. The maximum Gasteiger partial charge on any atom is 0.305 e. The summed E-state index contributed by atoms with van der Waals surface area (Å²) >= 11 is 1.28. The number of carboxylic acids is 1. The van der Waals surface area contributed by atoms with Gasteiger partial charge >= 0.3 is 5.97 Å². The van der Waals surface area contributed by atoms with Crippen LogP contribution in [0, 0.1) is 6.92 Å². The molecule has 0 bridgehead atoms. The highest BCUT2D eigenvalue weighted by Crippen LogP contribution is 2.28. The Morgan fingerprint density at radius 2 is 1.91 bits per heavy atom. The number of amides is 2. The lowest BCUT2D eigenvalue weighted by Gasteiger charge is -2.07. The largest absolute Gasteiger partial charge is 0.481 e. The normalized spacial score (nSPS) is 10.1. The van der Waals surface area contributed by atoms with Crippen LogP contribution in [0.1, 0.15) is 32.0 Å². The van der Waals surface area contributed by atoms with Crippen molar-refractivity contribution >= 4 is 34.1 Å². The quantitative estimate of drug-likeness (QED) is 0.748. The molecule has 120 valence electrons. The minimum absolute atomic E-state index is 0.0286. The van der Waals surface area contributed by atoms with Crippen molar-refractivity contribution in [2.45, 2.75) is 13.3 Å². The molecule has 8 heteroatoms. The number of carbonyl (C=O) groups is 3. The van der Waals surface area contributed by atoms with E-state index in [1.807, 2.05) is 6.92 Å². The zero-order chi connectivity index (χ0) is 16.8. The van der Waals surface area contributed by atoms with E-state index in [9.17, 15) is 14.4 Å². The van der Waals surface area contributed by atoms with Crippen LogP contribution in [0.4, 0.5) is 5.00 Å². The van der Waals surface area contributed by atoms with Gasteiger partial charge in [-0.05, 0) is 25.1 Å². The van der Waals surface area contributed by atoms with E-state index in [4.69, 9.17) is 5.11 Å². The Morgan fingerprint density at radius 3 is 2.57 bits per heavy atom. The molecule has 7 nitrogen and oxygen atoms in total. The molecule has 0 aliphatic carbocycles. The van der Waals surface area contributed by atoms with Gasteiger partial charge in [0.1, 0.15) is 5.00 Å². The molecule has 2 amide bonds. The number of aliphatic carboxylic acids is 1. The number of aryl methyl sites for hydroxylation is 1. The molecule has 0 radical (unpaired) electrons. The predicted octanol–water partition coefficient (Wildman–Crippen LogP) is 1.91. The van der Waals surface area contributed by atoms with Crippen molar-refractivity contribution in [3.8, 4) is 0 Å². The maximum atomic E-state index is 12.2. The van der Waals surface area contributed by atoms with E-state index in [2.05, 4.69) is 15.6 Å². The second-order valence-electron chi connectivity index (χ2n) is 4.69. The summed E-state index contributed by atoms with van der Waals surface area (Å²) in [4.78, 5) is 39.5. The van der Waals surface area contributed by atoms with Crippen molar-refractivity contribution < 1.29 is 19.5 Å². The Bertz CT molecular complexity index is 728. The van der Waals surface area contributed by atoms with Crippen molar-refractivity contribution in [3.05, 3.63) is 46.6 Å². The summed E-state index contributed by atoms with van der Waals surface area (Å²) < 4.78 is 0. The Kier molecular flexibility index (Phi) is 5.42. The molecular weight excluding hydrogens is 318 g/mol. The molecule has 2 aromatic rings. The topological polar surface area (TPSA) is 108 Å². The third kappa shape index (κ3) is 4.62. The molecule has 0 aliphatic heterocycles. The average Bonchev–Trinajstić information content (AvgIpc) is 2.88. The third-order valence-electron chi connectivity index (χ3n) is 2.89. The van der Waals surface area contributed by atoms with Crippen molar-refractivity contribution in [2.75, 3.05) is 11.9 Å². The summed E-state index contributed by atoms with van der Waals surface area (Å²) in [6.45, 7) is 1.85. The zero-order valence-corrected chi connectivity index (χ0v) is 13.1. The van der Waals surface area contributed by atoms with Gasteiger partial charge in [-0.3, -0.25) is 19.4 Å². The highest BCUT2D eigenvalue weighted by atomic mass is 32.1. The molecule has 2 heterocycles. The molecule has 0 saturated carbocycles. The predicted molar refractivity (Wildman–Crippen MR) is 85.8 cm³/mol. The van der Waals surface area contributed by atoms with Crippen molar-refractivity contribution in [1.29, 1.82) is 0 Å². The minimum Gasteiger partial charge on any atom is -0.481 e. The van der Waals surface area contributed by atoms with E-state index < -0.39 is 11.9 Å². The number of nitrogens with zero attached hydrogens (tertiary/aromatic N) is 1. The molecule has 0 aromatic carbocycles. The summed E-state index contributed by atoms with van der Waals surface area (Å²) in [5.74, 6) is -1.74. The Balaban J connectivity index is 2.09. The van der Waals surface area contributed by atoms with Crippen LogP contribution in [-0.2, 0) is 4.79 Å². The lowest BCUT2D eigenvalue weighted by molar-refractivity contribution is -0.136. The van der Waals surface area contributed by atoms with Gasteiger partial charge in [0.15, 0.2) is 0 Å². The number of hydrogen-bond donors (Lipinski definition) is 3. The SMILES string of the molecule is Cc1cc(C(=O)NCCC(=O)O)c(NC(=O)c2ccncc2)s1. The van der Waals surface area contributed by atoms with Gasteiger partial charge in [-0.2, -0.15) is 0 Å². The third-order valence-corrected chi connectivity index (χ3v) is 3.86. The van der Waals surface area contributed by atoms with Gasteiger partial charge < -0.3 is 15.7 Å². The van der Waals surface area contributed by atoms with Crippen molar-refractivity contribution in [3.63, 3.8) is 0 Å². The van der Waals surface area contributed by atoms with E-state index in [0.29, 0.717) is 16.1 Å². The number of rotatable bonds is 6. The highest BCUT2D eigenvalue weighted by molar-refractivity contribution is 7.16. The van der Waals surface area contributed by atoms with Crippen LogP contribution in [0.2, 0.25) is 0 Å². The fourth-order valence-corrected chi connectivity index (χ4v) is 2.74. The Labute approximate surface area is 136 Å². The maximum absolute atomic E-state index is 12.2. The lowest BCUT2D eigenvalue weighted by Crippen LogP contribution is -2.26. The highest BCUT2D eigenvalue weighted by Gasteiger charge is 2.17. The van der Waals surface area contributed by atoms with E-state index in [-0.39, 0.29) is 18.9 Å². The fraction of sp³-hybridized carbons (Fsp3) is 0.200. The second kappa shape index (κ2) is 7.50. The molecule has 0 fully saturated rings. The number of thiophene rings is 1. The van der Waals surface area contributed by atoms with Crippen molar-refractivity contribution in [1.82, 2.24) is 10.3 Å². The molecule has 0 aliphatic rings. The number of aromatic nitrogens is 1. The lowest BCUT2D eigenvalue weighted by atomic mass is 10.2. The van der Waals surface area contributed by atoms with Gasteiger partial charge in [0, 0.05) is 29.4 Å². The summed E-state index contributed by atoms with van der Waals surface area (Å²) in [6.07, 6.45) is 2.86. The van der Waals surface area contributed by atoms with Gasteiger partial charge in [0.25, 0.3) is 11.8 Å². The fourth-order valence-electron chi connectivity index (χ4n) is 1.83. The van der Waals surface area contributed by atoms with Crippen LogP contribution in [0.5, 0.6) is 0 Å². The first kappa shape index (κ1) is 16.6. The minimum atomic E-state index is -0.988. The summed E-state index contributed by atoms with van der Waals surface area (Å²) in [5.41, 5.74) is 0.753. The molecule has 0 unspecified atom stereocenters. The first-order valence-electron chi connectivity index (χ1n) is 6.79. The summed E-state index contributed by atoms with van der Waals surface area (Å²) in [5, 5.41) is 14.2. The smallest absolute Gasteiger partial charge is 0.305 e. The first-order chi connectivity index (χ1) is 11.0. The summed E-state index contributed by atoms with van der Waals surface area (Å²) in [6, 6.07) is 4.80. The summed E-state index contributed by atoms with van der Waals surface area (Å²) in [7, 11) is 0. The standard InChI is InChI=1S/C15H15N3O4S/c1-9-8-11(14(22)17-7-4-12(19)20)15(23-9)18-13(21)10-2-5-16-6-3-10/h2-3,5-6,8H,4,7H2,1H3,(H,17,22)(H,18,21)(H,19,20). The molecule has 0 saturated heterocycles. The number of nitrogens with one attached hydrogen (secondary N) is 2. The van der Waals surface area contributed by atoms with Crippen LogP contribution < -0.4 is 10.6 Å². The van der Waals surface area contributed by atoms with Crippen LogP contribution >= 0.6 is 11.3 Å². The number of carbonyl (C=O) groups excluding carboxylic acids is 2. The van der Waals surface area contributed by atoms with Gasteiger partial charge in [-0.1, -0.05) is 0 Å². The number of anilines is 1. The molecular formula is C15H15N3O4S. The van der Waals surface area contributed by atoms with Crippen molar-refractivity contribution in [2.24, 2.45) is 0 Å². The Morgan fingerprint density at radius 1 is 1.22 bits per heavy atom. The van der Waals surface area contributed by atoms with Crippen LogP contribution in [0.25, 0.3) is 0 Å². The van der Waals surface area contributed by atoms with E-state index in [1.165, 1.54) is 23.7 Å². The number of pyridine rings is 1. The van der Waals surface area contributed by atoms with Gasteiger partial charge in [0.2, 0.25) is 0 Å². The average molecular weight is 333 g/mol.